The molecule has 0 saturated carbocycles. The van der Waals surface area contributed by atoms with Crippen LogP contribution in [0.3, 0.4) is 0 Å². The molecule has 0 unspecified atom stereocenters. The fraction of sp³-hybridized carbons (Fsp3) is 0.125. The van der Waals surface area contributed by atoms with Crippen molar-refractivity contribution in [3.8, 4) is 5.69 Å². The van der Waals surface area contributed by atoms with Crippen molar-refractivity contribution in [1.82, 2.24) is 9.88 Å². The Balaban J connectivity index is 1.77. The second-order valence-electron chi connectivity index (χ2n) is 7.56. The maximum atomic E-state index is 13.6. The molecule has 3 aromatic rings. The van der Waals surface area contributed by atoms with Gasteiger partial charge in [0.15, 0.2) is 5.11 Å². The van der Waals surface area contributed by atoms with E-state index in [4.69, 9.17) is 23.8 Å². The lowest BCUT2D eigenvalue weighted by molar-refractivity contribution is -0.122. The van der Waals surface area contributed by atoms with E-state index < -0.39 is 17.6 Å². The smallest absolute Gasteiger partial charge is 0.270 e. The van der Waals surface area contributed by atoms with Gasteiger partial charge in [-0.05, 0) is 86.6 Å². The molecule has 162 valence electrons. The molecule has 5 nitrogen and oxygen atoms in total. The van der Waals surface area contributed by atoms with Crippen LogP contribution < -0.4 is 10.2 Å². The first-order valence-electron chi connectivity index (χ1n) is 9.80. The Morgan fingerprint density at radius 3 is 2.47 bits per heavy atom. The summed E-state index contributed by atoms with van der Waals surface area (Å²) in [5.74, 6) is -1.56. The molecule has 8 heteroatoms. The van der Waals surface area contributed by atoms with Gasteiger partial charge >= 0.3 is 0 Å². The number of carbonyl (C=O) groups excluding carboxylic acids is 2. The molecule has 0 radical (unpaired) electrons. The van der Waals surface area contributed by atoms with E-state index in [0.717, 1.165) is 17.0 Å². The number of nitrogens with one attached hydrogen (secondary N) is 1. The molecular formula is C24H19ClFN3O2S. The number of amides is 2. The molecule has 0 spiro atoms. The number of aryl methyl sites for hydroxylation is 2. The van der Waals surface area contributed by atoms with E-state index in [0.29, 0.717) is 16.9 Å². The van der Waals surface area contributed by atoms with Crippen molar-refractivity contribution < 1.29 is 14.0 Å². The Hall–Kier alpha value is -3.29. The van der Waals surface area contributed by atoms with Crippen LogP contribution in [0.2, 0.25) is 5.02 Å². The van der Waals surface area contributed by atoms with Crippen molar-refractivity contribution >= 4 is 52.5 Å². The van der Waals surface area contributed by atoms with Crippen molar-refractivity contribution in [2.75, 3.05) is 4.90 Å². The van der Waals surface area contributed by atoms with E-state index in [1.807, 2.05) is 49.6 Å². The van der Waals surface area contributed by atoms with Gasteiger partial charge in [-0.25, -0.2) is 4.39 Å². The lowest BCUT2D eigenvalue weighted by Crippen LogP contribution is -2.54. The highest BCUT2D eigenvalue weighted by molar-refractivity contribution is 7.80. The first kappa shape index (κ1) is 21.9. The molecule has 0 bridgehead atoms. The van der Waals surface area contributed by atoms with E-state index in [2.05, 4.69) is 5.32 Å². The highest BCUT2D eigenvalue weighted by Crippen LogP contribution is 2.28. The van der Waals surface area contributed by atoms with Crippen molar-refractivity contribution in [2.45, 2.75) is 20.8 Å². The van der Waals surface area contributed by atoms with Gasteiger partial charge in [-0.3, -0.25) is 19.8 Å². The lowest BCUT2D eigenvalue weighted by atomic mass is 10.1. The van der Waals surface area contributed by atoms with Gasteiger partial charge in [0.1, 0.15) is 11.4 Å². The highest BCUT2D eigenvalue weighted by Gasteiger charge is 2.34. The van der Waals surface area contributed by atoms with Crippen LogP contribution in [-0.4, -0.2) is 21.5 Å². The summed E-state index contributed by atoms with van der Waals surface area (Å²) in [6.45, 7) is 5.64. The van der Waals surface area contributed by atoms with E-state index in [-0.39, 0.29) is 15.7 Å². The second-order valence-corrected chi connectivity index (χ2v) is 8.35. The number of hydrogen-bond acceptors (Lipinski definition) is 3. The Labute approximate surface area is 195 Å². The first-order valence-corrected chi connectivity index (χ1v) is 10.6. The van der Waals surface area contributed by atoms with Gasteiger partial charge in [0.25, 0.3) is 11.8 Å². The van der Waals surface area contributed by atoms with Crippen LogP contribution in [0, 0.1) is 26.6 Å². The normalized spacial score (nSPS) is 15.5. The number of aromatic nitrogens is 1. The number of anilines is 1. The minimum absolute atomic E-state index is 0.0130. The summed E-state index contributed by atoms with van der Waals surface area (Å²) < 4.78 is 15.5. The number of rotatable bonds is 3. The summed E-state index contributed by atoms with van der Waals surface area (Å²) in [7, 11) is 0. The number of benzene rings is 2. The summed E-state index contributed by atoms with van der Waals surface area (Å²) in [5.41, 5.74) is 4.48. The molecule has 2 heterocycles. The van der Waals surface area contributed by atoms with Gasteiger partial charge in [0, 0.05) is 17.1 Å². The second kappa shape index (κ2) is 8.33. The molecule has 1 N–H and O–H groups in total. The number of nitrogens with zero attached hydrogens (tertiary/aromatic N) is 2. The van der Waals surface area contributed by atoms with Crippen molar-refractivity contribution in [2.24, 2.45) is 0 Å². The van der Waals surface area contributed by atoms with Crippen molar-refractivity contribution in [1.29, 1.82) is 0 Å². The van der Waals surface area contributed by atoms with Gasteiger partial charge in [0.2, 0.25) is 0 Å². The maximum Gasteiger partial charge on any atom is 0.270 e. The standard InChI is InChI=1S/C24H19ClFN3O2S/c1-13-5-4-6-17(9-13)29-23(31)19(22(30)27-24(29)32)11-16-10-14(2)28(15(16)3)18-7-8-21(26)20(25)12-18/h4-12H,1-3H3,(H,27,30,32)/b19-11+. The average Bonchev–Trinajstić information content (AvgIpc) is 3.00. The van der Waals surface area contributed by atoms with Gasteiger partial charge in [-0.2, -0.15) is 0 Å². The third-order valence-electron chi connectivity index (χ3n) is 5.29. The SMILES string of the molecule is Cc1cccc(N2C(=O)/C(=C/c3cc(C)n(-c4ccc(F)c(Cl)c4)c3C)C(=O)NC2=S)c1. The molecule has 2 aromatic carbocycles. The van der Waals surface area contributed by atoms with Gasteiger partial charge in [0.05, 0.1) is 10.7 Å². The van der Waals surface area contributed by atoms with E-state index in [1.54, 1.807) is 18.2 Å². The van der Waals surface area contributed by atoms with Crippen LogP contribution in [0.1, 0.15) is 22.5 Å². The summed E-state index contributed by atoms with van der Waals surface area (Å²) in [6, 6.07) is 13.6. The molecule has 4 rings (SSSR count). The van der Waals surface area contributed by atoms with E-state index >= 15 is 0 Å². The Morgan fingerprint density at radius 1 is 1.03 bits per heavy atom. The van der Waals surface area contributed by atoms with Crippen LogP contribution in [0.4, 0.5) is 10.1 Å². The molecule has 32 heavy (non-hydrogen) atoms. The van der Waals surface area contributed by atoms with Crippen LogP contribution >= 0.6 is 23.8 Å². The molecule has 1 saturated heterocycles. The third-order valence-corrected chi connectivity index (χ3v) is 5.87. The molecular weight excluding hydrogens is 449 g/mol. The lowest BCUT2D eigenvalue weighted by Gasteiger charge is -2.29. The average molecular weight is 468 g/mol. The molecule has 1 aliphatic heterocycles. The summed E-state index contributed by atoms with van der Waals surface area (Å²) in [4.78, 5) is 27.2. The molecule has 2 amide bonds. The zero-order chi connectivity index (χ0) is 23.2. The molecule has 1 aromatic heterocycles. The first-order chi connectivity index (χ1) is 15.2. The van der Waals surface area contributed by atoms with Gasteiger partial charge in [-0.1, -0.05) is 23.7 Å². The largest absolute Gasteiger partial charge is 0.318 e. The molecule has 1 fully saturated rings. The fourth-order valence-corrected chi connectivity index (χ4v) is 4.23. The van der Waals surface area contributed by atoms with Gasteiger partial charge in [-0.15, -0.1) is 0 Å². The van der Waals surface area contributed by atoms with E-state index in [9.17, 15) is 14.0 Å². The number of halogens is 2. The van der Waals surface area contributed by atoms with Crippen LogP contribution in [0.25, 0.3) is 11.8 Å². The summed E-state index contributed by atoms with van der Waals surface area (Å²) in [6.07, 6.45) is 1.55. The Morgan fingerprint density at radius 2 is 1.78 bits per heavy atom. The maximum absolute atomic E-state index is 13.6. The van der Waals surface area contributed by atoms with Gasteiger partial charge < -0.3 is 4.57 Å². The molecule has 0 aliphatic carbocycles. The topological polar surface area (TPSA) is 54.3 Å². The van der Waals surface area contributed by atoms with Crippen LogP contribution in [0.5, 0.6) is 0 Å². The minimum atomic E-state index is -0.557. The van der Waals surface area contributed by atoms with Crippen LogP contribution in [0.15, 0.2) is 54.1 Å². The number of hydrogen-bond donors (Lipinski definition) is 1. The number of thiocarbonyl (C=S) groups is 1. The van der Waals surface area contributed by atoms with Crippen molar-refractivity contribution in [3.63, 3.8) is 0 Å². The summed E-state index contributed by atoms with van der Waals surface area (Å²) in [5, 5.41) is 2.65. The quantitative estimate of drug-likeness (QED) is 0.334. The van der Waals surface area contributed by atoms with Crippen LogP contribution in [-0.2, 0) is 9.59 Å². The molecule has 1 aliphatic rings. The minimum Gasteiger partial charge on any atom is -0.318 e. The predicted molar refractivity (Wildman–Crippen MR) is 128 cm³/mol. The third kappa shape index (κ3) is 3.85. The fourth-order valence-electron chi connectivity index (χ4n) is 3.77. The zero-order valence-corrected chi connectivity index (χ0v) is 19.1. The van der Waals surface area contributed by atoms with E-state index in [1.165, 1.54) is 17.0 Å². The Bertz CT molecular complexity index is 1330. The highest BCUT2D eigenvalue weighted by atomic mass is 35.5. The Kier molecular flexibility index (Phi) is 5.71. The number of carbonyl (C=O) groups is 2. The monoisotopic (exact) mass is 467 g/mol. The van der Waals surface area contributed by atoms with Crippen molar-refractivity contribution in [3.05, 3.63) is 87.5 Å². The molecule has 0 atom stereocenters. The predicted octanol–water partition coefficient (Wildman–Crippen LogP) is 5.03. The summed E-state index contributed by atoms with van der Waals surface area (Å²) >= 11 is 11.2. The zero-order valence-electron chi connectivity index (χ0n) is 17.6.